The molecule has 0 amide bonds. The highest BCUT2D eigenvalue weighted by molar-refractivity contribution is 5.96. The molecule has 0 fully saturated rings. The van der Waals surface area contributed by atoms with E-state index in [1.165, 1.54) is 6.07 Å². The number of benzene rings is 1. The highest BCUT2D eigenvalue weighted by Gasteiger charge is 2.17. The molecular formula is C11H13N5O2. The van der Waals surface area contributed by atoms with Gasteiger partial charge in [0.25, 0.3) is 5.69 Å². The second kappa shape index (κ2) is 4.92. The molecule has 0 spiro atoms. The highest BCUT2D eigenvalue weighted by Crippen LogP contribution is 2.29. The zero-order chi connectivity index (χ0) is 13.1. The van der Waals surface area contributed by atoms with Gasteiger partial charge >= 0.3 is 0 Å². The van der Waals surface area contributed by atoms with Crippen molar-refractivity contribution >= 4 is 22.4 Å². The molecule has 0 bridgehead atoms. The minimum absolute atomic E-state index is 0.0523. The highest BCUT2D eigenvalue weighted by atomic mass is 16.6. The molecule has 3 N–H and O–H groups in total. The lowest BCUT2D eigenvalue weighted by Crippen LogP contribution is -2.12. The van der Waals surface area contributed by atoms with Crippen molar-refractivity contribution in [3.8, 4) is 0 Å². The van der Waals surface area contributed by atoms with Crippen LogP contribution in [0.2, 0.25) is 0 Å². The average Bonchev–Trinajstić information content (AvgIpc) is 2.37. The summed E-state index contributed by atoms with van der Waals surface area (Å²) in [6.45, 7) is 2.01. The summed E-state index contributed by atoms with van der Waals surface area (Å²) in [7, 11) is 0. The van der Waals surface area contributed by atoms with Crippen LogP contribution in [0.15, 0.2) is 18.2 Å². The van der Waals surface area contributed by atoms with Gasteiger partial charge in [-0.3, -0.25) is 10.1 Å². The SMILES string of the molecule is CCCc1nc(NN)c2c([N+](=O)[O-])cccc2n1. The van der Waals surface area contributed by atoms with Gasteiger partial charge < -0.3 is 5.43 Å². The van der Waals surface area contributed by atoms with E-state index in [2.05, 4.69) is 15.4 Å². The first-order valence-corrected chi connectivity index (χ1v) is 5.58. The average molecular weight is 247 g/mol. The van der Waals surface area contributed by atoms with E-state index in [0.717, 1.165) is 6.42 Å². The number of nitrogens with one attached hydrogen (secondary N) is 1. The van der Waals surface area contributed by atoms with Crippen LogP contribution in [0.1, 0.15) is 19.2 Å². The van der Waals surface area contributed by atoms with Crippen LogP contribution in [0.4, 0.5) is 11.5 Å². The number of hydrogen-bond donors (Lipinski definition) is 2. The van der Waals surface area contributed by atoms with Crippen molar-refractivity contribution in [2.75, 3.05) is 5.43 Å². The lowest BCUT2D eigenvalue weighted by molar-refractivity contribution is -0.383. The van der Waals surface area contributed by atoms with E-state index >= 15 is 0 Å². The molecule has 2 aromatic rings. The lowest BCUT2D eigenvalue weighted by atomic mass is 10.2. The number of aryl methyl sites for hydroxylation is 1. The first-order valence-electron chi connectivity index (χ1n) is 5.58. The van der Waals surface area contributed by atoms with E-state index in [4.69, 9.17) is 5.84 Å². The van der Waals surface area contributed by atoms with Crippen molar-refractivity contribution in [2.45, 2.75) is 19.8 Å². The summed E-state index contributed by atoms with van der Waals surface area (Å²) >= 11 is 0. The van der Waals surface area contributed by atoms with Crippen LogP contribution in [-0.4, -0.2) is 14.9 Å². The van der Waals surface area contributed by atoms with Crippen molar-refractivity contribution in [3.63, 3.8) is 0 Å². The third-order valence-electron chi connectivity index (χ3n) is 2.55. The van der Waals surface area contributed by atoms with Gasteiger partial charge in [0.05, 0.1) is 10.4 Å². The summed E-state index contributed by atoms with van der Waals surface area (Å²) < 4.78 is 0. The Hall–Kier alpha value is -2.28. The molecule has 0 aliphatic rings. The van der Waals surface area contributed by atoms with Crippen molar-refractivity contribution in [2.24, 2.45) is 5.84 Å². The van der Waals surface area contributed by atoms with Gasteiger partial charge in [-0.05, 0) is 12.5 Å². The fourth-order valence-electron chi connectivity index (χ4n) is 1.81. The van der Waals surface area contributed by atoms with Gasteiger partial charge in [-0.2, -0.15) is 0 Å². The molecule has 7 nitrogen and oxygen atoms in total. The molecular weight excluding hydrogens is 234 g/mol. The van der Waals surface area contributed by atoms with Crippen LogP contribution in [0, 0.1) is 10.1 Å². The molecule has 0 aliphatic heterocycles. The summed E-state index contributed by atoms with van der Waals surface area (Å²) in [6.07, 6.45) is 1.59. The number of nitrogen functional groups attached to an aromatic ring is 1. The number of nitro benzene ring substituents is 1. The molecule has 94 valence electrons. The number of hydrogen-bond acceptors (Lipinski definition) is 6. The van der Waals surface area contributed by atoms with Gasteiger partial charge in [-0.15, -0.1) is 0 Å². The Morgan fingerprint density at radius 2 is 2.22 bits per heavy atom. The Morgan fingerprint density at radius 3 is 2.83 bits per heavy atom. The maximum Gasteiger partial charge on any atom is 0.282 e. The van der Waals surface area contributed by atoms with E-state index in [1.54, 1.807) is 12.1 Å². The molecule has 0 saturated heterocycles. The number of rotatable bonds is 4. The van der Waals surface area contributed by atoms with Crippen molar-refractivity contribution in [1.82, 2.24) is 9.97 Å². The van der Waals surface area contributed by atoms with Gasteiger partial charge in [0.2, 0.25) is 0 Å². The zero-order valence-electron chi connectivity index (χ0n) is 9.88. The van der Waals surface area contributed by atoms with Crippen LogP contribution in [0.3, 0.4) is 0 Å². The first-order chi connectivity index (χ1) is 8.67. The van der Waals surface area contributed by atoms with E-state index in [1.807, 2.05) is 6.92 Å². The van der Waals surface area contributed by atoms with Crippen LogP contribution in [-0.2, 0) is 6.42 Å². The largest absolute Gasteiger partial charge is 0.308 e. The minimum Gasteiger partial charge on any atom is -0.308 e. The van der Waals surface area contributed by atoms with E-state index in [-0.39, 0.29) is 11.5 Å². The van der Waals surface area contributed by atoms with E-state index in [9.17, 15) is 10.1 Å². The number of fused-ring (bicyclic) bond motifs is 1. The lowest BCUT2D eigenvalue weighted by Gasteiger charge is -2.07. The number of nitrogens with two attached hydrogens (primary N) is 1. The van der Waals surface area contributed by atoms with E-state index in [0.29, 0.717) is 23.1 Å². The Balaban J connectivity index is 2.74. The Labute approximate surface area is 103 Å². The summed E-state index contributed by atoms with van der Waals surface area (Å²) in [4.78, 5) is 19.0. The van der Waals surface area contributed by atoms with Crippen molar-refractivity contribution in [3.05, 3.63) is 34.1 Å². The predicted octanol–water partition coefficient (Wildman–Crippen LogP) is 1.78. The van der Waals surface area contributed by atoms with Gasteiger partial charge in [0.15, 0.2) is 5.82 Å². The first kappa shape index (κ1) is 12.2. The second-order valence-corrected chi connectivity index (χ2v) is 3.81. The number of non-ortho nitro benzene ring substituents is 1. The Kier molecular flexibility index (Phi) is 3.33. The molecule has 0 unspecified atom stereocenters. The fourth-order valence-corrected chi connectivity index (χ4v) is 1.81. The molecule has 7 heteroatoms. The van der Waals surface area contributed by atoms with Crippen molar-refractivity contribution in [1.29, 1.82) is 0 Å². The van der Waals surface area contributed by atoms with E-state index < -0.39 is 4.92 Å². The predicted molar refractivity (Wildman–Crippen MR) is 68.0 cm³/mol. The third-order valence-corrected chi connectivity index (χ3v) is 2.55. The van der Waals surface area contributed by atoms with Crippen LogP contribution < -0.4 is 11.3 Å². The molecule has 0 radical (unpaired) electrons. The maximum absolute atomic E-state index is 11.0. The number of nitrogens with zero attached hydrogens (tertiary/aromatic N) is 3. The van der Waals surface area contributed by atoms with Gasteiger partial charge in [0, 0.05) is 12.5 Å². The summed E-state index contributed by atoms with van der Waals surface area (Å²) in [6, 6.07) is 4.72. The fraction of sp³-hybridized carbons (Fsp3) is 0.273. The quantitative estimate of drug-likeness (QED) is 0.484. The Bertz CT molecular complexity index is 599. The molecule has 1 heterocycles. The van der Waals surface area contributed by atoms with Crippen LogP contribution in [0.5, 0.6) is 0 Å². The second-order valence-electron chi connectivity index (χ2n) is 3.81. The van der Waals surface area contributed by atoms with Crippen LogP contribution >= 0.6 is 0 Å². The zero-order valence-corrected chi connectivity index (χ0v) is 9.88. The number of anilines is 1. The number of nitro groups is 1. The maximum atomic E-state index is 11.0. The summed E-state index contributed by atoms with van der Waals surface area (Å²) in [5, 5.41) is 11.3. The molecule has 0 saturated carbocycles. The molecule has 0 aliphatic carbocycles. The number of aromatic nitrogens is 2. The van der Waals surface area contributed by atoms with Gasteiger partial charge in [-0.1, -0.05) is 13.0 Å². The molecule has 1 aromatic carbocycles. The van der Waals surface area contributed by atoms with Gasteiger partial charge in [-0.25, -0.2) is 15.8 Å². The standard InChI is InChI=1S/C11H13N5O2/c1-2-4-9-13-7-5-3-6-8(16(17)18)10(7)11(14-9)15-12/h3,5-6H,2,4,12H2,1H3,(H,13,14,15). The third kappa shape index (κ3) is 2.07. The molecule has 0 atom stereocenters. The normalized spacial score (nSPS) is 10.6. The molecule has 1 aromatic heterocycles. The summed E-state index contributed by atoms with van der Waals surface area (Å²) in [5.74, 6) is 6.30. The summed E-state index contributed by atoms with van der Waals surface area (Å²) in [5.41, 5.74) is 2.88. The molecule has 18 heavy (non-hydrogen) atoms. The smallest absolute Gasteiger partial charge is 0.282 e. The minimum atomic E-state index is -0.466. The Morgan fingerprint density at radius 1 is 1.44 bits per heavy atom. The monoisotopic (exact) mass is 247 g/mol. The molecule has 2 rings (SSSR count). The van der Waals surface area contributed by atoms with Crippen molar-refractivity contribution < 1.29 is 4.92 Å². The van der Waals surface area contributed by atoms with Crippen LogP contribution in [0.25, 0.3) is 10.9 Å². The topological polar surface area (TPSA) is 107 Å². The van der Waals surface area contributed by atoms with Gasteiger partial charge in [0.1, 0.15) is 11.2 Å². The number of hydrazine groups is 1.